The molecule has 0 radical (unpaired) electrons. The molecule has 3 aromatic rings. The SMILES string of the molecule is CN(c1nnc(-c2ccc(-c3cnn(CF)c3)cc2O)s1)[C@@H]1C[C@H]2CC[C@H](N2)[C@@H]1F. The second kappa shape index (κ2) is 7.59. The van der Waals surface area contributed by atoms with Gasteiger partial charge in [0.05, 0.1) is 17.8 Å². The number of aromatic hydroxyl groups is 1. The van der Waals surface area contributed by atoms with Crippen molar-refractivity contribution in [1.82, 2.24) is 25.3 Å². The smallest absolute Gasteiger partial charge is 0.208 e. The Balaban J connectivity index is 1.37. The lowest BCUT2D eigenvalue weighted by Crippen LogP contribution is -2.55. The van der Waals surface area contributed by atoms with Crippen LogP contribution in [0.2, 0.25) is 0 Å². The summed E-state index contributed by atoms with van der Waals surface area (Å²) in [4.78, 5) is 1.88. The molecule has 2 fully saturated rings. The van der Waals surface area contributed by atoms with Crippen molar-refractivity contribution in [2.45, 2.75) is 50.4 Å². The molecule has 2 aliphatic heterocycles. The maximum Gasteiger partial charge on any atom is 0.208 e. The summed E-state index contributed by atoms with van der Waals surface area (Å²) < 4.78 is 28.8. The minimum Gasteiger partial charge on any atom is -0.507 e. The van der Waals surface area contributed by atoms with Crippen LogP contribution in [0.5, 0.6) is 5.75 Å². The van der Waals surface area contributed by atoms with Gasteiger partial charge in [-0.15, -0.1) is 10.2 Å². The number of benzene rings is 1. The number of phenolic OH excluding ortho intramolecular Hbond substituents is 1. The van der Waals surface area contributed by atoms with Crippen molar-refractivity contribution in [3.8, 4) is 27.4 Å². The molecule has 5 rings (SSSR count). The highest BCUT2D eigenvalue weighted by atomic mass is 32.1. The Morgan fingerprint density at radius 1 is 1.30 bits per heavy atom. The van der Waals surface area contributed by atoms with Crippen LogP contribution in [0.15, 0.2) is 30.6 Å². The first kappa shape index (κ1) is 19.4. The summed E-state index contributed by atoms with van der Waals surface area (Å²) in [5, 5.41) is 27.5. The number of alkyl halides is 2. The number of anilines is 1. The molecule has 0 unspecified atom stereocenters. The monoisotopic (exact) mass is 432 g/mol. The van der Waals surface area contributed by atoms with Crippen molar-refractivity contribution in [1.29, 1.82) is 0 Å². The summed E-state index contributed by atoms with van der Waals surface area (Å²) in [7, 11) is 1.86. The highest BCUT2D eigenvalue weighted by Crippen LogP contribution is 2.39. The minimum absolute atomic E-state index is 0.0501. The minimum atomic E-state index is -0.945. The van der Waals surface area contributed by atoms with E-state index in [9.17, 15) is 13.9 Å². The van der Waals surface area contributed by atoms with E-state index in [2.05, 4.69) is 20.6 Å². The van der Waals surface area contributed by atoms with E-state index in [4.69, 9.17) is 0 Å². The third-order valence-electron chi connectivity index (χ3n) is 6.08. The lowest BCUT2D eigenvalue weighted by atomic mass is 9.97. The Morgan fingerprint density at radius 3 is 2.93 bits per heavy atom. The average Bonchev–Trinajstić information content (AvgIpc) is 3.50. The summed E-state index contributed by atoms with van der Waals surface area (Å²) in [6.07, 6.45) is 4.81. The summed E-state index contributed by atoms with van der Waals surface area (Å²) in [5.41, 5.74) is 1.99. The van der Waals surface area contributed by atoms with Gasteiger partial charge in [-0.05, 0) is 37.0 Å². The largest absolute Gasteiger partial charge is 0.507 e. The van der Waals surface area contributed by atoms with Gasteiger partial charge in [0, 0.05) is 30.9 Å². The fourth-order valence-electron chi connectivity index (χ4n) is 4.43. The molecule has 30 heavy (non-hydrogen) atoms. The molecule has 2 N–H and O–H groups in total. The summed E-state index contributed by atoms with van der Waals surface area (Å²) in [5.74, 6) is 0.0501. The molecule has 0 amide bonds. The van der Waals surface area contributed by atoms with Gasteiger partial charge in [0.15, 0.2) is 11.8 Å². The van der Waals surface area contributed by atoms with Gasteiger partial charge in [-0.1, -0.05) is 17.4 Å². The van der Waals surface area contributed by atoms with Crippen molar-refractivity contribution in [2.24, 2.45) is 0 Å². The number of hydrogen-bond donors (Lipinski definition) is 2. The highest BCUT2D eigenvalue weighted by molar-refractivity contribution is 7.18. The second-order valence-electron chi connectivity index (χ2n) is 7.92. The molecule has 0 spiro atoms. The van der Waals surface area contributed by atoms with Gasteiger partial charge in [0.25, 0.3) is 0 Å². The van der Waals surface area contributed by atoms with Crippen LogP contribution in [0.1, 0.15) is 19.3 Å². The maximum absolute atomic E-state index is 14.9. The zero-order chi connectivity index (χ0) is 20.8. The molecule has 4 atom stereocenters. The van der Waals surface area contributed by atoms with Gasteiger partial charge < -0.3 is 15.3 Å². The van der Waals surface area contributed by atoms with Gasteiger partial charge in [0.2, 0.25) is 5.13 Å². The van der Waals surface area contributed by atoms with Crippen LogP contribution in [0.4, 0.5) is 13.9 Å². The van der Waals surface area contributed by atoms with E-state index < -0.39 is 13.0 Å². The van der Waals surface area contributed by atoms with Crippen LogP contribution in [0.3, 0.4) is 0 Å². The fraction of sp³-hybridized carbons (Fsp3) is 0.450. The van der Waals surface area contributed by atoms with E-state index in [0.29, 0.717) is 27.3 Å². The van der Waals surface area contributed by atoms with Crippen molar-refractivity contribution in [2.75, 3.05) is 11.9 Å². The van der Waals surface area contributed by atoms with Crippen LogP contribution in [-0.4, -0.2) is 56.4 Å². The van der Waals surface area contributed by atoms with E-state index >= 15 is 0 Å². The zero-order valence-corrected chi connectivity index (χ0v) is 17.2. The summed E-state index contributed by atoms with van der Waals surface area (Å²) >= 11 is 1.33. The molecule has 10 heteroatoms. The van der Waals surface area contributed by atoms with Crippen molar-refractivity contribution < 1.29 is 13.9 Å². The first-order valence-electron chi connectivity index (χ1n) is 9.92. The van der Waals surface area contributed by atoms with Gasteiger partial charge in [-0.25, -0.2) is 13.5 Å². The Kier molecular flexibility index (Phi) is 4.90. The van der Waals surface area contributed by atoms with Gasteiger partial charge in [-0.3, -0.25) is 0 Å². The van der Waals surface area contributed by atoms with Crippen LogP contribution in [0.25, 0.3) is 21.7 Å². The number of aromatic nitrogens is 4. The van der Waals surface area contributed by atoms with Gasteiger partial charge in [-0.2, -0.15) is 5.10 Å². The number of nitrogens with one attached hydrogen (secondary N) is 1. The van der Waals surface area contributed by atoms with Crippen molar-refractivity contribution >= 4 is 16.5 Å². The van der Waals surface area contributed by atoms with E-state index in [1.54, 1.807) is 24.5 Å². The third-order valence-corrected chi connectivity index (χ3v) is 7.13. The van der Waals surface area contributed by atoms with E-state index in [-0.39, 0.29) is 17.8 Å². The third kappa shape index (κ3) is 3.33. The number of halogens is 2. The molecule has 0 saturated carbocycles. The quantitative estimate of drug-likeness (QED) is 0.644. The lowest BCUT2D eigenvalue weighted by molar-refractivity contribution is 0.176. The Hall–Kier alpha value is -2.59. The van der Waals surface area contributed by atoms with Gasteiger partial charge in [0.1, 0.15) is 11.9 Å². The van der Waals surface area contributed by atoms with Gasteiger partial charge >= 0.3 is 0 Å². The van der Waals surface area contributed by atoms with Crippen LogP contribution in [-0.2, 0) is 6.80 Å². The second-order valence-corrected chi connectivity index (χ2v) is 8.87. The predicted octanol–water partition coefficient (Wildman–Crippen LogP) is 3.37. The standard InChI is InChI=1S/C20H22F2N6OS/c1-27(16-7-13-3-5-15(24-13)18(16)22)20-26-25-19(30-20)14-4-2-11(6-17(14)29)12-8-23-28(9-12)10-21/h2,4,6,8-9,13,15-16,18,24,29H,3,5,7,10H2,1H3/t13-,15+,16-,18+/m1/s1. The Bertz CT molecular complexity index is 1060. The number of phenols is 1. The number of hydrogen-bond acceptors (Lipinski definition) is 7. The molecular formula is C20H22F2N6OS. The fourth-order valence-corrected chi connectivity index (χ4v) is 5.33. The molecule has 1 aromatic carbocycles. The highest BCUT2D eigenvalue weighted by Gasteiger charge is 2.44. The first-order chi connectivity index (χ1) is 14.5. The number of rotatable bonds is 5. The molecule has 2 aromatic heterocycles. The molecule has 0 aliphatic carbocycles. The first-order valence-corrected chi connectivity index (χ1v) is 10.7. The molecule has 158 valence electrons. The lowest BCUT2D eigenvalue weighted by Gasteiger charge is -2.38. The number of piperidine rings is 1. The topological polar surface area (TPSA) is 79.1 Å². The molecule has 2 bridgehead atoms. The number of fused-ring (bicyclic) bond motifs is 2. The van der Waals surface area contributed by atoms with E-state index in [0.717, 1.165) is 24.8 Å². The molecular weight excluding hydrogens is 410 g/mol. The van der Waals surface area contributed by atoms with Crippen LogP contribution >= 0.6 is 11.3 Å². The molecule has 7 nitrogen and oxygen atoms in total. The molecule has 2 saturated heterocycles. The normalized spacial score (nSPS) is 25.6. The average molecular weight is 433 g/mol. The predicted molar refractivity (Wildman–Crippen MR) is 111 cm³/mol. The van der Waals surface area contributed by atoms with Crippen LogP contribution < -0.4 is 10.2 Å². The number of nitrogens with zero attached hydrogens (tertiary/aromatic N) is 5. The molecule has 2 aliphatic rings. The Morgan fingerprint density at radius 2 is 2.17 bits per heavy atom. The Labute approximate surface area is 176 Å². The van der Waals surface area contributed by atoms with E-state index in [1.165, 1.54) is 16.0 Å². The summed E-state index contributed by atoms with van der Waals surface area (Å²) in [6, 6.07) is 5.23. The zero-order valence-electron chi connectivity index (χ0n) is 16.4. The summed E-state index contributed by atoms with van der Waals surface area (Å²) in [6.45, 7) is -0.705. The molecule has 4 heterocycles. The van der Waals surface area contributed by atoms with Crippen molar-refractivity contribution in [3.63, 3.8) is 0 Å². The van der Waals surface area contributed by atoms with Crippen molar-refractivity contribution in [3.05, 3.63) is 30.6 Å². The van der Waals surface area contributed by atoms with E-state index in [1.807, 2.05) is 18.0 Å². The van der Waals surface area contributed by atoms with Crippen LogP contribution in [0, 0.1) is 0 Å². The maximum atomic E-state index is 14.9.